The van der Waals surface area contributed by atoms with E-state index in [1.807, 2.05) is 11.0 Å². The standard InChI is InChI=1S/C15H15Cl2N3O2/c16-11-5-3-4-10(14(11)17)8-13(21)20-7-2-1-6-12(20)15-18-9-22-19-15/h3-5,9,12H,1-2,6-8H2. The van der Waals surface area contributed by atoms with Crippen molar-refractivity contribution >= 4 is 29.1 Å². The number of halogens is 2. The van der Waals surface area contributed by atoms with Gasteiger partial charge in [-0.15, -0.1) is 0 Å². The molecule has 22 heavy (non-hydrogen) atoms. The molecule has 116 valence electrons. The molecule has 1 aromatic heterocycles. The molecule has 2 aromatic rings. The molecule has 1 fully saturated rings. The van der Waals surface area contributed by atoms with Gasteiger partial charge in [-0.25, -0.2) is 0 Å². The molecular weight excluding hydrogens is 325 g/mol. The van der Waals surface area contributed by atoms with Gasteiger partial charge >= 0.3 is 0 Å². The van der Waals surface area contributed by atoms with Crippen LogP contribution in [0.4, 0.5) is 0 Å². The lowest BCUT2D eigenvalue weighted by molar-refractivity contribution is -0.134. The van der Waals surface area contributed by atoms with E-state index < -0.39 is 0 Å². The highest BCUT2D eigenvalue weighted by Crippen LogP contribution is 2.31. The molecule has 2 heterocycles. The Labute approximate surface area is 138 Å². The van der Waals surface area contributed by atoms with Crippen LogP contribution in [0.3, 0.4) is 0 Å². The number of hydrogen-bond donors (Lipinski definition) is 0. The van der Waals surface area contributed by atoms with Crippen LogP contribution in [0, 0.1) is 0 Å². The van der Waals surface area contributed by atoms with Gasteiger partial charge in [0.1, 0.15) is 0 Å². The molecule has 1 atom stereocenters. The number of carbonyl (C=O) groups is 1. The third-order valence-corrected chi connectivity index (χ3v) is 4.73. The highest BCUT2D eigenvalue weighted by Gasteiger charge is 2.31. The number of rotatable bonds is 3. The molecule has 0 saturated carbocycles. The van der Waals surface area contributed by atoms with Gasteiger partial charge in [-0.2, -0.15) is 4.98 Å². The summed E-state index contributed by atoms with van der Waals surface area (Å²) in [6.45, 7) is 0.691. The highest BCUT2D eigenvalue weighted by atomic mass is 35.5. The predicted molar refractivity (Wildman–Crippen MR) is 82.8 cm³/mol. The van der Waals surface area contributed by atoms with Crippen LogP contribution in [0.2, 0.25) is 10.0 Å². The van der Waals surface area contributed by atoms with Gasteiger partial charge in [0.25, 0.3) is 0 Å². The van der Waals surface area contributed by atoms with Gasteiger partial charge in [-0.3, -0.25) is 4.79 Å². The minimum atomic E-state index is -0.127. The Kier molecular flexibility index (Phi) is 4.64. The van der Waals surface area contributed by atoms with Gasteiger partial charge in [0.15, 0.2) is 5.82 Å². The van der Waals surface area contributed by atoms with Crippen molar-refractivity contribution in [1.29, 1.82) is 0 Å². The summed E-state index contributed by atoms with van der Waals surface area (Å²) < 4.78 is 4.81. The summed E-state index contributed by atoms with van der Waals surface area (Å²) in [7, 11) is 0. The van der Waals surface area contributed by atoms with E-state index in [4.69, 9.17) is 27.7 Å². The molecule has 1 amide bonds. The summed E-state index contributed by atoms with van der Waals surface area (Å²) in [5, 5.41) is 4.78. The molecule has 1 aliphatic heterocycles. The Morgan fingerprint density at radius 1 is 1.36 bits per heavy atom. The van der Waals surface area contributed by atoms with Crippen LogP contribution >= 0.6 is 23.2 Å². The van der Waals surface area contributed by atoms with Crippen molar-refractivity contribution in [2.75, 3.05) is 6.54 Å². The summed E-state index contributed by atoms with van der Waals surface area (Å²) in [6, 6.07) is 5.20. The first kappa shape index (κ1) is 15.3. The van der Waals surface area contributed by atoms with Crippen molar-refractivity contribution in [3.05, 3.63) is 46.0 Å². The zero-order chi connectivity index (χ0) is 15.5. The Morgan fingerprint density at radius 3 is 3.00 bits per heavy atom. The van der Waals surface area contributed by atoms with Crippen LogP contribution in [0.25, 0.3) is 0 Å². The molecule has 0 N–H and O–H groups in total. The normalized spacial score (nSPS) is 18.5. The lowest BCUT2D eigenvalue weighted by atomic mass is 10.00. The van der Waals surface area contributed by atoms with E-state index in [0.717, 1.165) is 24.8 Å². The third-order valence-electron chi connectivity index (χ3n) is 3.87. The van der Waals surface area contributed by atoms with Crippen LogP contribution in [-0.4, -0.2) is 27.5 Å². The van der Waals surface area contributed by atoms with E-state index >= 15 is 0 Å². The zero-order valence-electron chi connectivity index (χ0n) is 11.8. The van der Waals surface area contributed by atoms with Crippen molar-refractivity contribution in [1.82, 2.24) is 15.0 Å². The summed E-state index contributed by atoms with van der Waals surface area (Å²) in [5.74, 6) is 0.559. The molecular formula is C15H15Cl2N3O2. The zero-order valence-corrected chi connectivity index (χ0v) is 13.3. The van der Waals surface area contributed by atoms with Crippen LogP contribution in [0.15, 0.2) is 29.1 Å². The first-order chi connectivity index (χ1) is 10.7. The van der Waals surface area contributed by atoms with Crippen LogP contribution in [0.5, 0.6) is 0 Å². The summed E-state index contributed by atoms with van der Waals surface area (Å²) in [6.07, 6.45) is 4.37. The number of nitrogens with zero attached hydrogens (tertiary/aromatic N) is 3. The predicted octanol–water partition coefficient (Wildman–Crippen LogP) is 3.67. The lowest BCUT2D eigenvalue weighted by Gasteiger charge is -2.34. The second-order valence-electron chi connectivity index (χ2n) is 5.28. The molecule has 3 rings (SSSR count). The van der Waals surface area contributed by atoms with Gasteiger partial charge < -0.3 is 9.42 Å². The fourth-order valence-electron chi connectivity index (χ4n) is 2.77. The Morgan fingerprint density at radius 2 is 2.23 bits per heavy atom. The first-order valence-corrected chi connectivity index (χ1v) is 7.91. The summed E-state index contributed by atoms with van der Waals surface area (Å²) in [4.78, 5) is 18.6. The molecule has 1 aromatic carbocycles. The van der Waals surface area contributed by atoms with Crippen LogP contribution in [-0.2, 0) is 11.2 Å². The number of hydrogen-bond acceptors (Lipinski definition) is 4. The maximum Gasteiger partial charge on any atom is 0.227 e. The summed E-state index contributed by atoms with van der Waals surface area (Å²) >= 11 is 12.2. The fourth-order valence-corrected chi connectivity index (χ4v) is 3.16. The molecule has 0 radical (unpaired) electrons. The Balaban J connectivity index is 1.79. The molecule has 0 aliphatic carbocycles. The van der Waals surface area contributed by atoms with Gasteiger partial charge in [-0.1, -0.05) is 40.5 Å². The molecule has 7 heteroatoms. The minimum Gasteiger partial charge on any atom is -0.343 e. The van der Waals surface area contributed by atoms with Crippen LogP contribution in [0.1, 0.15) is 36.7 Å². The molecule has 0 bridgehead atoms. The van der Waals surface area contributed by atoms with Gasteiger partial charge in [0.05, 0.1) is 22.5 Å². The molecule has 0 spiro atoms. The molecule has 1 aliphatic rings. The SMILES string of the molecule is O=C(Cc1cccc(Cl)c1Cl)N1CCCCC1c1ncon1. The number of likely N-dealkylation sites (tertiary alicyclic amines) is 1. The van der Waals surface area contributed by atoms with Crippen molar-refractivity contribution < 1.29 is 9.32 Å². The third kappa shape index (κ3) is 3.10. The van der Waals surface area contributed by atoms with E-state index in [1.165, 1.54) is 6.39 Å². The second kappa shape index (κ2) is 6.67. The second-order valence-corrected chi connectivity index (χ2v) is 6.06. The van der Waals surface area contributed by atoms with E-state index in [0.29, 0.717) is 22.4 Å². The Bertz CT molecular complexity index is 661. The van der Waals surface area contributed by atoms with E-state index in [-0.39, 0.29) is 18.4 Å². The maximum absolute atomic E-state index is 12.7. The molecule has 1 saturated heterocycles. The number of benzene rings is 1. The fraction of sp³-hybridized carbons (Fsp3) is 0.400. The lowest BCUT2D eigenvalue weighted by Crippen LogP contribution is -2.39. The van der Waals surface area contributed by atoms with Crippen molar-refractivity contribution in [2.45, 2.75) is 31.7 Å². The van der Waals surface area contributed by atoms with Crippen molar-refractivity contribution in [3.8, 4) is 0 Å². The van der Waals surface area contributed by atoms with Crippen molar-refractivity contribution in [2.24, 2.45) is 0 Å². The van der Waals surface area contributed by atoms with Crippen molar-refractivity contribution in [3.63, 3.8) is 0 Å². The maximum atomic E-state index is 12.7. The quantitative estimate of drug-likeness (QED) is 0.855. The largest absolute Gasteiger partial charge is 0.343 e. The number of piperidine rings is 1. The topological polar surface area (TPSA) is 59.2 Å². The molecule has 1 unspecified atom stereocenters. The van der Waals surface area contributed by atoms with E-state index in [9.17, 15) is 4.79 Å². The Hall–Kier alpha value is -1.59. The average Bonchev–Trinajstić information content (AvgIpc) is 3.06. The molecule has 5 nitrogen and oxygen atoms in total. The smallest absolute Gasteiger partial charge is 0.227 e. The van der Waals surface area contributed by atoms with Gasteiger partial charge in [0.2, 0.25) is 12.3 Å². The van der Waals surface area contributed by atoms with Gasteiger partial charge in [-0.05, 0) is 30.9 Å². The van der Waals surface area contributed by atoms with E-state index in [1.54, 1.807) is 12.1 Å². The van der Waals surface area contributed by atoms with Crippen LogP contribution < -0.4 is 0 Å². The number of aromatic nitrogens is 2. The number of carbonyl (C=O) groups excluding carboxylic acids is 1. The monoisotopic (exact) mass is 339 g/mol. The number of amides is 1. The van der Waals surface area contributed by atoms with E-state index in [2.05, 4.69) is 10.1 Å². The summed E-state index contributed by atoms with van der Waals surface area (Å²) in [5.41, 5.74) is 0.733. The minimum absolute atomic E-state index is 0.00123. The average molecular weight is 340 g/mol. The highest BCUT2D eigenvalue weighted by molar-refractivity contribution is 6.42. The first-order valence-electron chi connectivity index (χ1n) is 7.15. The van der Waals surface area contributed by atoms with Gasteiger partial charge in [0, 0.05) is 6.54 Å².